The van der Waals surface area contributed by atoms with Gasteiger partial charge in [0.2, 0.25) is 0 Å². The van der Waals surface area contributed by atoms with E-state index in [1.165, 1.54) is 31.2 Å². The standard InChI is InChI=1S/C14H23N3S/c1-10-13(8-15-3)11(2)17-14(16-10)9-18-12-6-4-5-7-12/h12,15H,4-9H2,1-3H3. The molecular weight excluding hydrogens is 242 g/mol. The molecule has 0 unspecified atom stereocenters. The van der Waals surface area contributed by atoms with Gasteiger partial charge in [0, 0.05) is 28.7 Å². The number of rotatable bonds is 5. The first-order valence-corrected chi connectivity index (χ1v) is 7.84. The molecule has 1 aliphatic carbocycles. The second-order valence-electron chi connectivity index (χ2n) is 5.04. The van der Waals surface area contributed by atoms with Crippen LogP contribution in [0.25, 0.3) is 0 Å². The predicted molar refractivity (Wildman–Crippen MR) is 77.8 cm³/mol. The molecule has 0 aromatic carbocycles. The Hall–Kier alpha value is -0.610. The van der Waals surface area contributed by atoms with E-state index >= 15 is 0 Å². The van der Waals surface area contributed by atoms with E-state index in [9.17, 15) is 0 Å². The van der Waals surface area contributed by atoms with Crippen LogP contribution in [0.2, 0.25) is 0 Å². The Labute approximate surface area is 114 Å². The van der Waals surface area contributed by atoms with Crippen LogP contribution in [-0.2, 0) is 12.3 Å². The Morgan fingerprint density at radius 1 is 1.17 bits per heavy atom. The van der Waals surface area contributed by atoms with Crippen molar-refractivity contribution in [3.8, 4) is 0 Å². The van der Waals surface area contributed by atoms with Crippen LogP contribution in [0.1, 0.15) is 48.5 Å². The zero-order valence-corrected chi connectivity index (χ0v) is 12.4. The van der Waals surface area contributed by atoms with Crippen LogP contribution in [-0.4, -0.2) is 22.3 Å². The van der Waals surface area contributed by atoms with Gasteiger partial charge in [-0.2, -0.15) is 11.8 Å². The lowest BCUT2D eigenvalue weighted by atomic mass is 10.1. The van der Waals surface area contributed by atoms with Crippen LogP contribution in [0, 0.1) is 13.8 Å². The summed E-state index contributed by atoms with van der Waals surface area (Å²) in [6.07, 6.45) is 5.55. The van der Waals surface area contributed by atoms with E-state index in [-0.39, 0.29) is 0 Å². The van der Waals surface area contributed by atoms with E-state index in [0.29, 0.717) is 0 Å². The number of aromatic nitrogens is 2. The van der Waals surface area contributed by atoms with Crippen LogP contribution in [0.4, 0.5) is 0 Å². The molecule has 1 saturated carbocycles. The van der Waals surface area contributed by atoms with Gasteiger partial charge < -0.3 is 5.32 Å². The van der Waals surface area contributed by atoms with Crippen molar-refractivity contribution in [1.82, 2.24) is 15.3 Å². The number of nitrogens with zero attached hydrogens (tertiary/aromatic N) is 2. The van der Waals surface area contributed by atoms with Crippen LogP contribution in [0.15, 0.2) is 0 Å². The van der Waals surface area contributed by atoms with E-state index in [1.54, 1.807) is 0 Å². The summed E-state index contributed by atoms with van der Waals surface area (Å²) in [6.45, 7) is 5.03. The summed E-state index contributed by atoms with van der Waals surface area (Å²) in [4.78, 5) is 9.28. The minimum Gasteiger partial charge on any atom is -0.316 e. The van der Waals surface area contributed by atoms with Crippen LogP contribution < -0.4 is 5.32 Å². The maximum Gasteiger partial charge on any atom is 0.138 e. The maximum atomic E-state index is 4.64. The highest BCUT2D eigenvalue weighted by atomic mass is 32.2. The van der Waals surface area contributed by atoms with Gasteiger partial charge in [0.25, 0.3) is 0 Å². The molecule has 1 N–H and O–H groups in total. The van der Waals surface area contributed by atoms with Gasteiger partial charge in [-0.05, 0) is 33.7 Å². The van der Waals surface area contributed by atoms with Gasteiger partial charge in [-0.15, -0.1) is 0 Å². The lowest BCUT2D eigenvalue weighted by molar-refractivity contribution is 0.777. The molecule has 0 aliphatic heterocycles. The van der Waals surface area contributed by atoms with Crippen molar-refractivity contribution in [2.24, 2.45) is 0 Å². The van der Waals surface area contributed by atoms with Crippen LogP contribution in [0.3, 0.4) is 0 Å². The molecule has 1 fully saturated rings. The topological polar surface area (TPSA) is 37.8 Å². The highest BCUT2D eigenvalue weighted by Gasteiger charge is 2.16. The fourth-order valence-electron chi connectivity index (χ4n) is 2.55. The van der Waals surface area contributed by atoms with Gasteiger partial charge in [0.05, 0.1) is 5.75 Å². The lowest BCUT2D eigenvalue weighted by Gasteiger charge is -2.12. The minimum absolute atomic E-state index is 0.839. The SMILES string of the molecule is CNCc1c(C)nc(CSC2CCCC2)nc1C. The Balaban J connectivity index is 2.00. The van der Waals surface area contributed by atoms with E-state index in [2.05, 4.69) is 29.1 Å². The second-order valence-corrected chi connectivity index (χ2v) is 6.33. The zero-order chi connectivity index (χ0) is 13.0. The van der Waals surface area contributed by atoms with E-state index in [1.807, 2.05) is 18.8 Å². The minimum atomic E-state index is 0.839. The first-order chi connectivity index (χ1) is 8.70. The van der Waals surface area contributed by atoms with Crippen molar-refractivity contribution in [3.05, 3.63) is 22.8 Å². The molecule has 0 radical (unpaired) electrons. The molecule has 1 aliphatic rings. The number of nitrogens with one attached hydrogen (secondary N) is 1. The highest BCUT2D eigenvalue weighted by Crippen LogP contribution is 2.31. The van der Waals surface area contributed by atoms with Gasteiger partial charge in [-0.25, -0.2) is 9.97 Å². The van der Waals surface area contributed by atoms with Crippen molar-refractivity contribution in [2.75, 3.05) is 7.05 Å². The third kappa shape index (κ3) is 3.45. The second kappa shape index (κ2) is 6.53. The van der Waals surface area contributed by atoms with Crippen LogP contribution >= 0.6 is 11.8 Å². The smallest absolute Gasteiger partial charge is 0.138 e. The molecule has 1 heterocycles. The largest absolute Gasteiger partial charge is 0.316 e. The first kappa shape index (κ1) is 13.8. The summed E-state index contributed by atoms with van der Waals surface area (Å²) in [5.74, 6) is 1.97. The molecule has 0 atom stereocenters. The van der Waals surface area contributed by atoms with Crippen molar-refractivity contribution in [2.45, 2.75) is 57.1 Å². The van der Waals surface area contributed by atoms with Gasteiger partial charge >= 0.3 is 0 Å². The molecular formula is C14H23N3S. The zero-order valence-electron chi connectivity index (χ0n) is 11.6. The average Bonchev–Trinajstić information content (AvgIpc) is 2.84. The fraction of sp³-hybridized carbons (Fsp3) is 0.714. The molecule has 0 amide bonds. The number of aryl methyl sites for hydroxylation is 2. The van der Waals surface area contributed by atoms with E-state index < -0.39 is 0 Å². The molecule has 2 rings (SSSR count). The van der Waals surface area contributed by atoms with Gasteiger partial charge in [0.15, 0.2) is 0 Å². The predicted octanol–water partition coefficient (Wildman–Crippen LogP) is 2.99. The van der Waals surface area contributed by atoms with Crippen molar-refractivity contribution in [3.63, 3.8) is 0 Å². The molecule has 3 nitrogen and oxygen atoms in total. The lowest BCUT2D eigenvalue weighted by Crippen LogP contribution is -2.12. The summed E-state index contributed by atoms with van der Waals surface area (Å²) in [7, 11) is 1.96. The first-order valence-electron chi connectivity index (χ1n) is 6.80. The van der Waals surface area contributed by atoms with Crippen LogP contribution in [0.5, 0.6) is 0 Å². The number of hydrogen-bond donors (Lipinski definition) is 1. The molecule has 0 saturated heterocycles. The van der Waals surface area contributed by atoms with Crippen molar-refractivity contribution in [1.29, 1.82) is 0 Å². The highest BCUT2D eigenvalue weighted by molar-refractivity contribution is 7.99. The molecule has 4 heteroatoms. The maximum absolute atomic E-state index is 4.64. The molecule has 1 aromatic rings. The molecule has 100 valence electrons. The summed E-state index contributed by atoms with van der Waals surface area (Å²) < 4.78 is 0. The number of thioether (sulfide) groups is 1. The Morgan fingerprint density at radius 3 is 2.33 bits per heavy atom. The Bertz CT molecular complexity index is 377. The summed E-state index contributed by atoms with van der Waals surface area (Å²) in [6, 6.07) is 0. The quantitative estimate of drug-likeness (QED) is 0.888. The summed E-state index contributed by atoms with van der Waals surface area (Å²) in [5.41, 5.74) is 3.49. The fourth-order valence-corrected chi connectivity index (χ4v) is 3.73. The van der Waals surface area contributed by atoms with E-state index in [4.69, 9.17) is 0 Å². The molecule has 0 spiro atoms. The van der Waals surface area contributed by atoms with Crippen molar-refractivity contribution >= 4 is 11.8 Å². The van der Waals surface area contributed by atoms with Gasteiger partial charge in [-0.3, -0.25) is 0 Å². The Kier molecular flexibility index (Phi) is 5.01. The third-order valence-corrected chi connectivity index (χ3v) is 4.94. The third-order valence-electron chi connectivity index (χ3n) is 3.57. The molecule has 1 aromatic heterocycles. The van der Waals surface area contributed by atoms with Crippen molar-refractivity contribution < 1.29 is 0 Å². The summed E-state index contributed by atoms with van der Waals surface area (Å²) >= 11 is 2.03. The normalized spacial score (nSPS) is 16.4. The molecule has 18 heavy (non-hydrogen) atoms. The Morgan fingerprint density at radius 2 is 1.78 bits per heavy atom. The van der Waals surface area contributed by atoms with E-state index in [0.717, 1.165) is 34.8 Å². The monoisotopic (exact) mass is 265 g/mol. The number of hydrogen-bond acceptors (Lipinski definition) is 4. The molecule has 0 bridgehead atoms. The average molecular weight is 265 g/mol. The van der Waals surface area contributed by atoms with Gasteiger partial charge in [-0.1, -0.05) is 12.8 Å². The van der Waals surface area contributed by atoms with Gasteiger partial charge in [0.1, 0.15) is 5.82 Å². The summed E-state index contributed by atoms with van der Waals surface area (Å²) in [5, 5.41) is 4.02.